The normalized spacial score (nSPS) is 17.5. The van der Waals surface area contributed by atoms with E-state index in [0.29, 0.717) is 6.42 Å². The van der Waals surface area contributed by atoms with Crippen molar-refractivity contribution in [1.82, 2.24) is 9.97 Å². The molecule has 2 aromatic carbocycles. The summed E-state index contributed by atoms with van der Waals surface area (Å²) in [5.41, 5.74) is 2.80. The highest BCUT2D eigenvalue weighted by atomic mass is 16.5. The van der Waals surface area contributed by atoms with Crippen molar-refractivity contribution in [3.63, 3.8) is 0 Å². The Morgan fingerprint density at radius 3 is 2.39 bits per heavy atom. The largest absolute Gasteiger partial charge is 0.497 e. The topological polar surface area (TPSA) is 79.8 Å². The van der Waals surface area contributed by atoms with Crippen molar-refractivity contribution in [2.45, 2.75) is 24.7 Å². The van der Waals surface area contributed by atoms with Gasteiger partial charge in [0.2, 0.25) is 11.9 Å². The number of benzene rings is 2. The average Bonchev–Trinajstić information content (AvgIpc) is 2.95. The second-order valence-corrected chi connectivity index (χ2v) is 9.42. The van der Waals surface area contributed by atoms with Gasteiger partial charge in [0.05, 0.1) is 20.3 Å². The Hall–Kier alpha value is -3.65. The lowest BCUT2D eigenvalue weighted by Crippen LogP contribution is -2.45. The molecule has 2 aliphatic heterocycles. The van der Waals surface area contributed by atoms with E-state index >= 15 is 0 Å². The molecule has 0 saturated carbocycles. The van der Waals surface area contributed by atoms with Crippen molar-refractivity contribution in [2.75, 3.05) is 61.6 Å². The van der Waals surface area contributed by atoms with Crippen LogP contribution in [-0.2, 0) is 14.9 Å². The first kappa shape index (κ1) is 24.1. The number of anilines is 3. The number of aromatic nitrogens is 2. The van der Waals surface area contributed by atoms with Crippen LogP contribution in [0.3, 0.4) is 0 Å². The number of carbonyl (C=O) groups excluding carboxylic acids is 1. The number of nitrogens with zero attached hydrogens (tertiary/aromatic N) is 4. The van der Waals surface area contributed by atoms with Gasteiger partial charge in [-0.3, -0.25) is 4.79 Å². The van der Waals surface area contributed by atoms with Crippen LogP contribution in [0.25, 0.3) is 0 Å². The zero-order chi connectivity index (χ0) is 24.8. The van der Waals surface area contributed by atoms with Crippen LogP contribution in [0.5, 0.6) is 5.75 Å². The second kappa shape index (κ2) is 11.0. The summed E-state index contributed by atoms with van der Waals surface area (Å²) in [4.78, 5) is 26.7. The van der Waals surface area contributed by atoms with Gasteiger partial charge in [0, 0.05) is 61.8 Å². The number of rotatable bonds is 7. The first-order valence-electron chi connectivity index (χ1n) is 12.5. The van der Waals surface area contributed by atoms with Gasteiger partial charge in [0.1, 0.15) is 5.75 Å². The van der Waals surface area contributed by atoms with E-state index in [1.807, 2.05) is 30.3 Å². The molecular formula is C28H33N5O3. The minimum absolute atomic E-state index is 0.0151. The molecule has 5 rings (SSSR count). The van der Waals surface area contributed by atoms with Crippen LogP contribution < -0.4 is 19.9 Å². The number of hydrogen-bond donors (Lipinski definition) is 1. The molecule has 0 spiro atoms. The summed E-state index contributed by atoms with van der Waals surface area (Å²) in [6, 6.07) is 18.1. The van der Waals surface area contributed by atoms with E-state index in [1.54, 1.807) is 19.5 Å². The summed E-state index contributed by atoms with van der Waals surface area (Å²) in [6.45, 7) is 4.84. The molecule has 1 amide bonds. The lowest BCUT2D eigenvalue weighted by Gasteiger charge is -2.42. The maximum Gasteiger partial charge on any atom is 0.225 e. The van der Waals surface area contributed by atoms with Crippen LogP contribution in [0.15, 0.2) is 67.0 Å². The standard InChI is InChI=1S/C28H33N5O3/c1-35-25-5-2-4-22(20-25)28(10-14-33(15-11-28)27-29-12-3-13-30-27)21-26(34)31-23-6-8-24(9-7-23)32-16-18-36-19-17-32/h2-9,12-13,20H,10-11,14-19,21H2,1H3,(H,31,34). The van der Waals surface area contributed by atoms with Gasteiger partial charge < -0.3 is 24.6 Å². The Balaban J connectivity index is 1.30. The summed E-state index contributed by atoms with van der Waals surface area (Å²) >= 11 is 0. The molecule has 0 bridgehead atoms. The quantitative estimate of drug-likeness (QED) is 0.542. The molecular weight excluding hydrogens is 454 g/mol. The summed E-state index contributed by atoms with van der Waals surface area (Å²) in [5, 5.41) is 3.13. The second-order valence-electron chi connectivity index (χ2n) is 9.42. The SMILES string of the molecule is COc1cccc(C2(CC(=O)Nc3ccc(N4CCOCC4)cc3)CCN(c3ncccn3)CC2)c1. The van der Waals surface area contributed by atoms with Gasteiger partial charge in [-0.1, -0.05) is 12.1 Å². The monoisotopic (exact) mass is 487 g/mol. The Morgan fingerprint density at radius 2 is 1.69 bits per heavy atom. The third-order valence-corrected chi connectivity index (χ3v) is 7.26. The van der Waals surface area contributed by atoms with Crippen molar-refractivity contribution in [3.05, 3.63) is 72.6 Å². The van der Waals surface area contributed by atoms with Crippen molar-refractivity contribution >= 4 is 23.2 Å². The molecule has 36 heavy (non-hydrogen) atoms. The van der Waals surface area contributed by atoms with E-state index in [1.165, 1.54) is 0 Å². The maximum atomic E-state index is 13.3. The van der Waals surface area contributed by atoms with Gasteiger partial charge in [-0.2, -0.15) is 0 Å². The van der Waals surface area contributed by atoms with Crippen LogP contribution in [0.4, 0.5) is 17.3 Å². The molecule has 1 N–H and O–H groups in total. The van der Waals surface area contributed by atoms with Gasteiger partial charge in [0.15, 0.2) is 0 Å². The summed E-state index contributed by atoms with van der Waals surface area (Å²) in [5.74, 6) is 1.56. The van der Waals surface area contributed by atoms with Crippen LogP contribution in [0.1, 0.15) is 24.8 Å². The van der Waals surface area contributed by atoms with E-state index in [0.717, 1.165) is 80.9 Å². The molecule has 8 nitrogen and oxygen atoms in total. The van der Waals surface area contributed by atoms with E-state index in [4.69, 9.17) is 9.47 Å². The zero-order valence-electron chi connectivity index (χ0n) is 20.7. The van der Waals surface area contributed by atoms with Gasteiger partial charge in [-0.05, 0) is 60.9 Å². The molecule has 188 valence electrons. The smallest absolute Gasteiger partial charge is 0.225 e. The Labute approximate surface area is 212 Å². The van der Waals surface area contributed by atoms with Crippen LogP contribution in [-0.4, -0.2) is 62.4 Å². The predicted molar refractivity (Wildman–Crippen MR) is 141 cm³/mol. The highest BCUT2D eigenvalue weighted by Gasteiger charge is 2.39. The van der Waals surface area contributed by atoms with Gasteiger partial charge in [-0.15, -0.1) is 0 Å². The Morgan fingerprint density at radius 1 is 0.972 bits per heavy atom. The van der Waals surface area contributed by atoms with E-state index in [-0.39, 0.29) is 11.3 Å². The molecule has 3 heterocycles. The fourth-order valence-corrected chi connectivity index (χ4v) is 5.20. The molecule has 2 saturated heterocycles. The number of morpholine rings is 1. The number of amides is 1. The fraction of sp³-hybridized carbons (Fsp3) is 0.393. The zero-order valence-corrected chi connectivity index (χ0v) is 20.7. The minimum atomic E-state index is -0.294. The summed E-state index contributed by atoms with van der Waals surface area (Å²) in [6.07, 6.45) is 5.58. The average molecular weight is 488 g/mol. The van der Waals surface area contributed by atoms with Crippen LogP contribution >= 0.6 is 0 Å². The number of nitrogens with one attached hydrogen (secondary N) is 1. The lowest BCUT2D eigenvalue weighted by atomic mass is 9.70. The van der Waals surface area contributed by atoms with E-state index in [2.05, 4.69) is 49.4 Å². The van der Waals surface area contributed by atoms with Crippen LogP contribution in [0, 0.1) is 0 Å². The molecule has 2 fully saturated rings. The Bertz CT molecular complexity index is 1140. The van der Waals surface area contributed by atoms with Gasteiger partial charge in [-0.25, -0.2) is 9.97 Å². The fourth-order valence-electron chi connectivity index (χ4n) is 5.20. The highest BCUT2D eigenvalue weighted by molar-refractivity contribution is 5.92. The number of hydrogen-bond acceptors (Lipinski definition) is 7. The number of piperidine rings is 1. The predicted octanol–water partition coefficient (Wildman–Crippen LogP) is 3.89. The summed E-state index contributed by atoms with van der Waals surface area (Å²) < 4.78 is 10.9. The highest BCUT2D eigenvalue weighted by Crippen LogP contribution is 2.40. The van der Waals surface area contributed by atoms with E-state index in [9.17, 15) is 4.79 Å². The van der Waals surface area contributed by atoms with Crippen molar-refractivity contribution in [1.29, 1.82) is 0 Å². The van der Waals surface area contributed by atoms with E-state index < -0.39 is 0 Å². The molecule has 0 unspecified atom stereocenters. The molecule has 0 aliphatic carbocycles. The maximum absolute atomic E-state index is 13.3. The minimum Gasteiger partial charge on any atom is -0.497 e. The third-order valence-electron chi connectivity index (χ3n) is 7.26. The van der Waals surface area contributed by atoms with Crippen LogP contribution in [0.2, 0.25) is 0 Å². The first-order valence-corrected chi connectivity index (χ1v) is 12.5. The molecule has 3 aromatic rings. The summed E-state index contributed by atoms with van der Waals surface area (Å²) in [7, 11) is 1.68. The number of methoxy groups -OCH3 is 1. The Kier molecular flexibility index (Phi) is 7.32. The molecule has 0 atom stereocenters. The molecule has 8 heteroatoms. The van der Waals surface area contributed by atoms with Gasteiger partial charge in [0.25, 0.3) is 0 Å². The molecule has 1 aromatic heterocycles. The molecule has 2 aliphatic rings. The molecule has 0 radical (unpaired) electrons. The number of ether oxygens (including phenoxy) is 2. The number of carbonyl (C=O) groups is 1. The van der Waals surface area contributed by atoms with Gasteiger partial charge >= 0.3 is 0 Å². The van der Waals surface area contributed by atoms with Crippen molar-refractivity contribution in [3.8, 4) is 5.75 Å². The van der Waals surface area contributed by atoms with Crippen molar-refractivity contribution in [2.24, 2.45) is 0 Å². The lowest BCUT2D eigenvalue weighted by molar-refractivity contribution is -0.117. The van der Waals surface area contributed by atoms with Crippen molar-refractivity contribution < 1.29 is 14.3 Å². The third kappa shape index (κ3) is 5.44. The first-order chi connectivity index (χ1) is 17.6.